The Hall–Kier alpha value is -6.88. The molecule has 2 heterocycles. The smallest absolute Gasteiger partial charge is 0.164 e. The maximum Gasteiger partial charge on any atom is 0.164 e. The summed E-state index contributed by atoms with van der Waals surface area (Å²) in [6.45, 7) is 0. The number of benzene rings is 8. The standard InChI is InChI=1S/C52H33N3S/c1-3-16-36(17-4-1)49-53-50(37-18-5-2-6-19-37)55-51(54-49)42-23-8-7-20-38(42)34-30-32-35(33-31-34)39-24-15-28-46-48(39)56-47-29-14-13-27-45(47)52(46)43-25-11-9-21-40(43)41-22-10-12-26-44(41)52/h1-33H. The van der Waals surface area contributed by atoms with E-state index in [1.54, 1.807) is 0 Å². The van der Waals surface area contributed by atoms with Crippen LogP contribution in [-0.2, 0) is 5.41 Å². The molecule has 262 valence electrons. The van der Waals surface area contributed by atoms with Gasteiger partial charge in [-0.05, 0) is 61.7 Å². The normalized spacial score (nSPS) is 13.1. The van der Waals surface area contributed by atoms with Gasteiger partial charge in [0, 0.05) is 26.5 Å². The first-order valence-corrected chi connectivity index (χ1v) is 19.8. The molecule has 8 aromatic carbocycles. The number of hydrogen-bond donors (Lipinski definition) is 0. The lowest BCUT2D eigenvalue weighted by atomic mass is 9.67. The van der Waals surface area contributed by atoms with Crippen LogP contribution < -0.4 is 0 Å². The zero-order valence-electron chi connectivity index (χ0n) is 30.3. The zero-order chi connectivity index (χ0) is 37.1. The van der Waals surface area contributed by atoms with Crippen LogP contribution in [0.25, 0.3) is 67.5 Å². The quantitative estimate of drug-likeness (QED) is 0.177. The number of fused-ring (bicyclic) bond motifs is 9. The molecule has 0 bridgehead atoms. The molecular weight excluding hydrogens is 699 g/mol. The van der Waals surface area contributed by atoms with Gasteiger partial charge in [-0.2, -0.15) is 0 Å². The van der Waals surface area contributed by atoms with Gasteiger partial charge in [-0.15, -0.1) is 0 Å². The van der Waals surface area contributed by atoms with Crippen molar-refractivity contribution in [1.82, 2.24) is 15.0 Å². The lowest BCUT2D eigenvalue weighted by Crippen LogP contribution is -2.32. The van der Waals surface area contributed by atoms with Crippen molar-refractivity contribution in [1.29, 1.82) is 0 Å². The highest BCUT2D eigenvalue weighted by atomic mass is 32.2. The minimum Gasteiger partial charge on any atom is -0.208 e. The van der Waals surface area contributed by atoms with E-state index in [0.29, 0.717) is 17.5 Å². The summed E-state index contributed by atoms with van der Waals surface area (Å²) in [6, 6.07) is 71.5. The average molecular weight is 732 g/mol. The van der Waals surface area contributed by atoms with Crippen LogP contribution in [0.4, 0.5) is 0 Å². The lowest BCUT2D eigenvalue weighted by molar-refractivity contribution is 0.723. The summed E-state index contributed by atoms with van der Waals surface area (Å²) in [5.41, 5.74) is 15.1. The first-order valence-electron chi connectivity index (χ1n) is 18.9. The van der Waals surface area contributed by atoms with Gasteiger partial charge in [-0.3, -0.25) is 0 Å². The van der Waals surface area contributed by atoms with Gasteiger partial charge in [0.15, 0.2) is 17.5 Å². The molecule has 1 spiro atoms. The first-order chi connectivity index (χ1) is 27.8. The number of hydrogen-bond acceptors (Lipinski definition) is 4. The second kappa shape index (κ2) is 13.2. The van der Waals surface area contributed by atoms with Crippen LogP contribution in [0.5, 0.6) is 0 Å². The van der Waals surface area contributed by atoms with Gasteiger partial charge in [-0.1, -0.05) is 206 Å². The molecule has 0 N–H and O–H groups in total. The minimum absolute atomic E-state index is 0.402. The highest BCUT2D eigenvalue weighted by molar-refractivity contribution is 7.99. The van der Waals surface area contributed by atoms with Gasteiger partial charge in [0.1, 0.15) is 0 Å². The largest absolute Gasteiger partial charge is 0.208 e. The molecule has 56 heavy (non-hydrogen) atoms. The van der Waals surface area contributed by atoms with E-state index in [2.05, 4.69) is 140 Å². The Morgan fingerprint density at radius 2 is 0.714 bits per heavy atom. The van der Waals surface area contributed by atoms with Crippen LogP contribution in [0.2, 0.25) is 0 Å². The van der Waals surface area contributed by atoms with E-state index in [1.807, 2.05) is 72.4 Å². The summed E-state index contributed by atoms with van der Waals surface area (Å²) < 4.78 is 0. The molecule has 0 fully saturated rings. The van der Waals surface area contributed by atoms with Crippen LogP contribution >= 0.6 is 11.8 Å². The molecule has 0 unspecified atom stereocenters. The van der Waals surface area contributed by atoms with Crippen molar-refractivity contribution < 1.29 is 0 Å². The van der Waals surface area contributed by atoms with Crippen molar-refractivity contribution in [2.75, 3.05) is 0 Å². The fourth-order valence-corrected chi connectivity index (χ4v) is 10.1. The van der Waals surface area contributed by atoms with E-state index in [1.165, 1.54) is 54.3 Å². The molecule has 9 aromatic rings. The van der Waals surface area contributed by atoms with Gasteiger partial charge in [-0.25, -0.2) is 15.0 Å². The predicted octanol–water partition coefficient (Wildman–Crippen LogP) is 13.0. The molecule has 0 saturated carbocycles. The van der Waals surface area contributed by atoms with Crippen molar-refractivity contribution in [3.63, 3.8) is 0 Å². The highest BCUT2D eigenvalue weighted by Crippen LogP contribution is 2.63. The van der Waals surface area contributed by atoms with E-state index in [0.717, 1.165) is 27.8 Å². The summed E-state index contributed by atoms with van der Waals surface area (Å²) in [5.74, 6) is 1.95. The maximum absolute atomic E-state index is 5.06. The Balaban J connectivity index is 1.04. The topological polar surface area (TPSA) is 38.7 Å². The molecule has 1 aliphatic carbocycles. The molecule has 1 aromatic heterocycles. The van der Waals surface area contributed by atoms with Crippen molar-refractivity contribution in [2.24, 2.45) is 0 Å². The van der Waals surface area contributed by atoms with E-state index < -0.39 is 5.41 Å². The number of nitrogens with zero attached hydrogens (tertiary/aromatic N) is 3. The number of rotatable bonds is 5. The molecule has 3 nitrogen and oxygen atoms in total. The second-order valence-electron chi connectivity index (χ2n) is 14.3. The summed E-state index contributed by atoms with van der Waals surface area (Å²) >= 11 is 1.89. The molecule has 0 amide bonds. The van der Waals surface area contributed by atoms with Gasteiger partial charge < -0.3 is 0 Å². The summed E-state index contributed by atoms with van der Waals surface area (Å²) in [5, 5.41) is 0. The van der Waals surface area contributed by atoms with Crippen LogP contribution in [-0.4, -0.2) is 15.0 Å². The zero-order valence-corrected chi connectivity index (χ0v) is 31.1. The minimum atomic E-state index is -0.402. The fourth-order valence-electron chi connectivity index (χ4n) is 8.79. The van der Waals surface area contributed by atoms with Crippen LogP contribution in [0.15, 0.2) is 210 Å². The third-order valence-electron chi connectivity index (χ3n) is 11.2. The van der Waals surface area contributed by atoms with E-state index in [9.17, 15) is 0 Å². The summed E-state index contributed by atoms with van der Waals surface area (Å²) in [4.78, 5) is 17.6. The Kier molecular flexibility index (Phi) is 7.64. The van der Waals surface area contributed by atoms with Crippen molar-refractivity contribution in [3.8, 4) is 67.5 Å². The number of aromatic nitrogens is 3. The maximum atomic E-state index is 5.06. The monoisotopic (exact) mass is 731 g/mol. The Labute approximate surface area is 330 Å². The lowest BCUT2D eigenvalue weighted by Gasteiger charge is -2.40. The van der Waals surface area contributed by atoms with Gasteiger partial charge in [0.05, 0.1) is 5.41 Å². The summed E-state index contributed by atoms with van der Waals surface area (Å²) in [6.07, 6.45) is 0. The van der Waals surface area contributed by atoms with Crippen LogP contribution in [0.3, 0.4) is 0 Å². The summed E-state index contributed by atoms with van der Waals surface area (Å²) in [7, 11) is 0. The first kappa shape index (κ1) is 32.5. The van der Waals surface area contributed by atoms with Gasteiger partial charge in [0.25, 0.3) is 0 Å². The van der Waals surface area contributed by atoms with E-state index in [-0.39, 0.29) is 0 Å². The van der Waals surface area contributed by atoms with Crippen molar-refractivity contribution in [2.45, 2.75) is 15.2 Å². The highest BCUT2D eigenvalue weighted by Gasteiger charge is 2.50. The van der Waals surface area contributed by atoms with E-state index in [4.69, 9.17) is 15.0 Å². The van der Waals surface area contributed by atoms with Crippen LogP contribution in [0, 0.1) is 0 Å². The van der Waals surface area contributed by atoms with Crippen molar-refractivity contribution in [3.05, 3.63) is 222 Å². The fraction of sp³-hybridized carbons (Fsp3) is 0.0192. The van der Waals surface area contributed by atoms with Gasteiger partial charge in [0.2, 0.25) is 0 Å². The van der Waals surface area contributed by atoms with Crippen molar-refractivity contribution >= 4 is 11.8 Å². The van der Waals surface area contributed by atoms with Gasteiger partial charge >= 0.3 is 0 Å². The second-order valence-corrected chi connectivity index (χ2v) is 15.3. The molecule has 1 aliphatic heterocycles. The Bertz CT molecular complexity index is 2840. The average Bonchev–Trinajstić information content (AvgIpc) is 3.57. The Morgan fingerprint density at radius 3 is 1.32 bits per heavy atom. The Morgan fingerprint density at radius 1 is 0.286 bits per heavy atom. The molecule has 0 atom stereocenters. The molecular formula is C52H33N3S. The SMILES string of the molecule is c1ccc(-c2nc(-c3ccccc3)nc(-c3ccccc3-c3ccc(-c4cccc5c4Sc4ccccc4C54c5ccccc5-c5ccccc54)cc3)n2)cc1. The van der Waals surface area contributed by atoms with E-state index >= 15 is 0 Å². The third kappa shape index (κ3) is 5.03. The molecule has 2 aliphatic rings. The molecule has 0 radical (unpaired) electrons. The third-order valence-corrected chi connectivity index (χ3v) is 12.5. The molecule has 4 heteroatoms. The molecule has 11 rings (SSSR count). The predicted molar refractivity (Wildman–Crippen MR) is 228 cm³/mol. The van der Waals surface area contributed by atoms with Crippen LogP contribution in [0.1, 0.15) is 22.3 Å². The molecule has 0 saturated heterocycles.